The van der Waals surface area contributed by atoms with E-state index in [-0.39, 0.29) is 18.0 Å². The number of carbonyl (C=O) groups is 3. The maximum atomic E-state index is 13.8. The van der Waals surface area contributed by atoms with Crippen molar-refractivity contribution >= 4 is 28.6 Å². The number of aromatic amines is 1. The van der Waals surface area contributed by atoms with Gasteiger partial charge in [-0.15, -0.1) is 0 Å². The van der Waals surface area contributed by atoms with Crippen LogP contribution in [0.3, 0.4) is 0 Å². The summed E-state index contributed by atoms with van der Waals surface area (Å²) in [5.41, 5.74) is 3.17. The van der Waals surface area contributed by atoms with Crippen molar-refractivity contribution in [1.29, 1.82) is 0 Å². The average molecular weight is 725 g/mol. The van der Waals surface area contributed by atoms with Crippen LogP contribution in [0, 0.1) is 0 Å². The summed E-state index contributed by atoms with van der Waals surface area (Å²) < 4.78 is 68.8. The lowest BCUT2D eigenvalue weighted by Crippen LogP contribution is -2.56. The molecule has 1 fully saturated rings. The second-order valence-electron chi connectivity index (χ2n) is 11.5. The molecule has 0 radical (unpaired) electrons. The number of piperazine rings is 1. The predicted octanol–water partition coefficient (Wildman–Crippen LogP) is 7.14. The Kier molecular flexibility index (Phi) is 14.4. The van der Waals surface area contributed by atoms with Crippen molar-refractivity contribution < 1.29 is 55.7 Å². The molecule has 3 aromatic carbocycles. The molecule has 2 atom stereocenters. The quantitative estimate of drug-likeness (QED) is 0.155. The van der Waals surface area contributed by atoms with Gasteiger partial charge in [-0.05, 0) is 47.4 Å². The number of benzene rings is 3. The van der Waals surface area contributed by atoms with Gasteiger partial charge in [0.15, 0.2) is 0 Å². The Morgan fingerprint density at radius 1 is 0.922 bits per heavy atom. The molecule has 16 heteroatoms. The van der Waals surface area contributed by atoms with Gasteiger partial charge in [-0.1, -0.05) is 68.3 Å². The van der Waals surface area contributed by atoms with Crippen molar-refractivity contribution in [3.05, 3.63) is 96.1 Å². The Hall–Kier alpha value is -5.12. The summed E-state index contributed by atoms with van der Waals surface area (Å²) >= 11 is 0. The van der Waals surface area contributed by atoms with Gasteiger partial charge in [0.05, 0.1) is 25.2 Å². The molecule has 0 spiro atoms. The van der Waals surface area contributed by atoms with Gasteiger partial charge in [-0.2, -0.15) is 26.3 Å². The normalized spacial score (nSPS) is 15.5. The summed E-state index contributed by atoms with van der Waals surface area (Å²) in [5.74, 6) is -4.52. The van der Waals surface area contributed by atoms with Crippen LogP contribution in [-0.2, 0) is 16.0 Å². The third kappa shape index (κ3) is 11.7. The van der Waals surface area contributed by atoms with E-state index >= 15 is 0 Å². The first-order valence-corrected chi connectivity index (χ1v) is 15.8. The number of alkyl halides is 6. The van der Waals surface area contributed by atoms with Crippen molar-refractivity contribution in [2.75, 3.05) is 26.7 Å². The number of amides is 1. The van der Waals surface area contributed by atoms with Crippen LogP contribution < -0.4 is 4.74 Å². The molecule has 0 saturated carbocycles. The minimum Gasteiger partial charge on any atom is -0.497 e. The Morgan fingerprint density at radius 2 is 1.53 bits per heavy atom. The SMILES string of the molecule is CCCC[C@H]1CN(C(=O)c2cccc3ccccc23)CCN1C(Cc1ccc(OC)cc1)c1cnc[nH]1.O=C(O)C(F)(F)F.O=C(O)C(F)(F)F. The first-order valence-electron chi connectivity index (χ1n) is 15.8. The zero-order valence-electron chi connectivity index (χ0n) is 27.7. The van der Waals surface area contributed by atoms with Crippen molar-refractivity contribution in [3.8, 4) is 5.75 Å². The molecule has 51 heavy (non-hydrogen) atoms. The Morgan fingerprint density at radius 3 is 2.08 bits per heavy atom. The minimum absolute atomic E-state index is 0.131. The van der Waals surface area contributed by atoms with Gasteiger partial charge in [0.1, 0.15) is 5.75 Å². The highest BCUT2D eigenvalue weighted by atomic mass is 19.4. The summed E-state index contributed by atoms with van der Waals surface area (Å²) in [4.78, 5) is 43.9. The van der Waals surface area contributed by atoms with E-state index in [9.17, 15) is 31.1 Å². The van der Waals surface area contributed by atoms with Gasteiger partial charge in [-0.3, -0.25) is 9.69 Å². The smallest absolute Gasteiger partial charge is 0.490 e. The molecule has 5 rings (SSSR count). The van der Waals surface area contributed by atoms with Gasteiger partial charge in [0.2, 0.25) is 0 Å². The van der Waals surface area contributed by atoms with E-state index in [4.69, 9.17) is 24.5 Å². The fourth-order valence-electron chi connectivity index (χ4n) is 5.58. The molecule has 1 aliphatic rings. The number of aromatic nitrogens is 2. The topological polar surface area (TPSA) is 136 Å². The van der Waals surface area contributed by atoms with E-state index in [1.54, 1.807) is 13.4 Å². The number of aliphatic carboxylic acids is 2. The number of hydrogen-bond acceptors (Lipinski definition) is 6. The molecule has 1 aliphatic heterocycles. The number of carboxylic acid groups (broad SMARTS) is 2. The molecule has 0 aliphatic carbocycles. The number of imidazole rings is 1. The van der Waals surface area contributed by atoms with Crippen LogP contribution in [0.4, 0.5) is 26.3 Å². The number of hydrogen-bond donors (Lipinski definition) is 3. The van der Waals surface area contributed by atoms with Gasteiger partial charge in [0, 0.05) is 37.4 Å². The lowest BCUT2D eigenvalue weighted by Gasteiger charge is -2.45. The van der Waals surface area contributed by atoms with Crippen LogP contribution in [0.15, 0.2) is 79.3 Å². The van der Waals surface area contributed by atoms with Gasteiger partial charge in [-0.25, -0.2) is 14.6 Å². The number of halogens is 6. The average Bonchev–Trinajstić information content (AvgIpc) is 3.64. The predicted molar refractivity (Wildman–Crippen MR) is 175 cm³/mol. The standard InChI is InChI=1S/C31H36N4O2.2C2HF3O2/c1-3-4-10-25-21-34(31(36)28-12-7-9-24-8-5-6-11-27(24)28)17-18-35(25)30(29-20-32-22-33-29)19-23-13-15-26(37-2)16-14-23;2*3-2(4,5)1(6)7/h5-9,11-16,20,22,25,30H,3-4,10,17-19,21H2,1-2H3,(H,32,33);2*(H,6,7)/t25-,30?;;/m0../s1. The Labute approximate surface area is 289 Å². The number of methoxy groups -OCH3 is 1. The number of nitrogens with one attached hydrogen (secondary N) is 1. The van der Waals surface area contributed by atoms with Crippen LogP contribution in [-0.4, -0.2) is 93.0 Å². The van der Waals surface area contributed by atoms with Crippen molar-refractivity contribution in [2.45, 2.75) is 57.0 Å². The maximum Gasteiger partial charge on any atom is 0.490 e. The molecule has 1 amide bonds. The molecule has 1 aromatic heterocycles. The first-order chi connectivity index (χ1) is 24.1. The number of carboxylic acids is 2. The summed E-state index contributed by atoms with van der Waals surface area (Å²) in [6.07, 6.45) is -2.27. The Balaban J connectivity index is 0.000000424. The third-order valence-electron chi connectivity index (χ3n) is 8.08. The summed E-state index contributed by atoms with van der Waals surface area (Å²) in [5, 5.41) is 16.4. The van der Waals surface area contributed by atoms with E-state index in [1.807, 2.05) is 42.6 Å². The molecule has 276 valence electrons. The van der Waals surface area contributed by atoms with E-state index < -0.39 is 24.3 Å². The minimum atomic E-state index is -5.08. The molecule has 0 bridgehead atoms. The van der Waals surface area contributed by atoms with Gasteiger partial charge < -0.3 is 24.8 Å². The molecule has 10 nitrogen and oxygen atoms in total. The van der Waals surface area contributed by atoms with Crippen LogP contribution >= 0.6 is 0 Å². The van der Waals surface area contributed by atoms with E-state index in [0.29, 0.717) is 6.54 Å². The maximum absolute atomic E-state index is 13.8. The van der Waals surface area contributed by atoms with Gasteiger partial charge >= 0.3 is 24.3 Å². The highest BCUT2D eigenvalue weighted by molar-refractivity contribution is 6.07. The molecule has 2 heterocycles. The zero-order valence-corrected chi connectivity index (χ0v) is 27.7. The largest absolute Gasteiger partial charge is 0.497 e. The zero-order chi connectivity index (χ0) is 37.8. The molecular formula is C35H38F6N4O6. The molecular weight excluding hydrogens is 686 g/mol. The molecule has 3 N–H and O–H groups in total. The number of H-pyrrole nitrogens is 1. The molecule has 1 saturated heterocycles. The number of unbranched alkanes of at least 4 members (excludes halogenated alkanes) is 1. The summed E-state index contributed by atoms with van der Waals surface area (Å²) in [6, 6.07) is 23.0. The second-order valence-corrected chi connectivity index (χ2v) is 11.5. The second kappa shape index (κ2) is 18.2. The van der Waals surface area contributed by atoms with Crippen LogP contribution in [0.2, 0.25) is 0 Å². The molecule has 1 unspecified atom stereocenters. The number of ether oxygens (including phenoxy) is 1. The number of fused-ring (bicyclic) bond motifs is 1. The number of nitrogens with zero attached hydrogens (tertiary/aromatic N) is 3. The summed E-state index contributed by atoms with van der Waals surface area (Å²) in [6.45, 7) is 4.49. The lowest BCUT2D eigenvalue weighted by molar-refractivity contribution is -0.193. The number of carbonyl (C=O) groups excluding carboxylic acids is 1. The monoisotopic (exact) mass is 724 g/mol. The number of rotatable bonds is 9. The van der Waals surface area contributed by atoms with Crippen LogP contribution in [0.1, 0.15) is 53.8 Å². The lowest BCUT2D eigenvalue weighted by atomic mass is 9.96. The van der Waals surface area contributed by atoms with Crippen LogP contribution in [0.25, 0.3) is 10.8 Å². The highest BCUT2D eigenvalue weighted by Crippen LogP contribution is 2.31. The fraction of sp³-hybridized carbons (Fsp3) is 0.371. The van der Waals surface area contributed by atoms with Crippen molar-refractivity contribution in [1.82, 2.24) is 19.8 Å². The summed E-state index contributed by atoms with van der Waals surface area (Å²) in [7, 11) is 1.69. The van der Waals surface area contributed by atoms with Crippen molar-refractivity contribution in [2.24, 2.45) is 0 Å². The third-order valence-corrected chi connectivity index (χ3v) is 8.08. The van der Waals surface area contributed by atoms with E-state index in [0.717, 1.165) is 66.6 Å². The first kappa shape index (κ1) is 40.3. The highest BCUT2D eigenvalue weighted by Gasteiger charge is 2.39. The Bertz CT molecular complexity index is 1690. The van der Waals surface area contributed by atoms with Gasteiger partial charge in [0.25, 0.3) is 5.91 Å². The fourth-order valence-corrected chi connectivity index (χ4v) is 5.58. The van der Waals surface area contributed by atoms with Crippen LogP contribution in [0.5, 0.6) is 5.75 Å². The van der Waals surface area contributed by atoms with E-state index in [2.05, 4.69) is 57.0 Å². The van der Waals surface area contributed by atoms with E-state index in [1.165, 1.54) is 5.56 Å². The molecule has 4 aromatic rings. The van der Waals surface area contributed by atoms with Crippen molar-refractivity contribution in [3.63, 3.8) is 0 Å².